The van der Waals surface area contributed by atoms with Crippen molar-refractivity contribution >= 4 is 50.6 Å². The molecule has 0 spiro atoms. The molecule has 32 heavy (non-hydrogen) atoms. The van der Waals surface area contributed by atoms with Crippen LogP contribution in [0, 0.1) is 13.8 Å². The lowest BCUT2D eigenvalue weighted by molar-refractivity contribution is 0.103. The highest BCUT2D eigenvalue weighted by molar-refractivity contribution is 9.10. The van der Waals surface area contributed by atoms with Crippen LogP contribution >= 0.6 is 38.9 Å². The number of benzene rings is 2. The topological polar surface area (TPSA) is 56.1 Å². The van der Waals surface area contributed by atoms with Crippen LogP contribution in [0.1, 0.15) is 31.9 Å². The summed E-state index contributed by atoms with van der Waals surface area (Å²) < 4.78 is 8.66. The summed E-state index contributed by atoms with van der Waals surface area (Å²) in [6.07, 6.45) is 1.71. The maximum atomic E-state index is 12.7. The average Bonchev–Trinajstić information content (AvgIpc) is 3.37. The maximum absolute atomic E-state index is 12.7. The van der Waals surface area contributed by atoms with Crippen molar-refractivity contribution in [2.75, 3.05) is 5.32 Å². The van der Waals surface area contributed by atoms with Crippen LogP contribution in [0.5, 0.6) is 5.75 Å². The molecule has 0 unspecified atom stereocenters. The summed E-state index contributed by atoms with van der Waals surface area (Å²) in [5.41, 5.74) is 4.24. The van der Waals surface area contributed by atoms with Crippen molar-refractivity contribution in [2.24, 2.45) is 0 Å². The number of carbonyl (C=O) groups excluding carboxylic acids is 1. The van der Waals surface area contributed by atoms with Crippen LogP contribution < -0.4 is 10.1 Å². The highest BCUT2D eigenvalue weighted by atomic mass is 79.9. The van der Waals surface area contributed by atoms with Crippen molar-refractivity contribution in [2.45, 2.75) is 27.0 Å². The molecule has 0 aliphatic heterocycles. The number of carbonyl (C=O) groups is 1. The van der Waals surface area contributed by atoms with Gasteiger partial charge < -0.3 is 10.1 Å². The molecule has 5 nitrogen and oxygen atoms in total. The summed E-state index contributed by atoms with van der Waals surface area (Å²) in [6.45, 7) is 5.00. The molecule has 0 radical (unpaired) electrons. The Labute approximate surface area is 204 Å². The van der Waals surface area contributed by atoms with Gasteiger partial charge in [-0.3, -0.25) is 9.48 Å². The van der Waals surface area contributed by atoms with Crippen molar-refractivity contribution in [3.05, 3.63) is 96.7 Å². The van der Waals surface area contributed by atoms with Crippen LogP contribution in [0.2, 0.25) is 5.02 Å². The number of rotatable bonds is 7. The van der Waals surface area contributed by atoms with E-state index < -0.39 is 0 Å². The number of amides is 1. The number of thiophene rings is 1. The second-order valence-electron chi connectivity index (χ2n) is 7.48. The minimum Gasteiger partial charge on any atom is -0.489 e. The Bertz CT molecular complexity index is 1250. The zero-order valence-electron chi connectivity index (χ0n) is 17.6. The van der Waals surface area contributed by atoms with E-state index in [9.17, 15) is 4.79 Å². The summed E-state index contributed by atoms with van der Waals surface area (Å²) in [6, 6.07) is 15.9. The lowest BCUT2D eigenvalue weighted by Crippen LogP contribution is -2.11. The van der Waals surface area contributed by atoms with E-state index in [-0.39, 0.29) is 5.91 Å². The SMILES string of the molecule is Cc1ccc(C)c(OCc2csc(C(=O)Nc3nn(Cc4ccc(Br)cc4)cc3Cl)c2)c1. The lowest BCUT2D eigenvalue weighted by Gasteiger charge is -2.08. The van der Waals surface area contributed by atoms with Gasteiger partial charge in [0.1, 0.15) is 17.4 Å². The van der Waals surface area contributed by atoms with Gasteiger partial charge in [0.05, 0.1) is 11.4 Å². The molecular weight excluding hydrogens is 510 g/mol. The molecule has 0 saturated heterocycles. The Morgan fingerprint density at radius 3 is 2.72 bits per heavy atom. The van der Waals surface area contributed by atoms with E-state index in [1.807, 2.05) is 61.7 Å². The molecule has 0 fully saturated rings. The van der Waals surface area contributed by atoms with E-state index in [1.54, 1.807) is 10.9 Å². The van der Waals surface area contributed by atoms with Crippen molar-refractivity contribution < 1.29 is 9.53 Å². The Morgan fingerprint density at radius 2 is 1.94 bits per heavy atom. The van der Waals surface area contributed by atoms with E-state index in [0.717, 1.165) is 32.5 Å². The zero-order chi connectivity index (χ0) is 22.7. The van der Waals surface area contributed by atoms with Gasteiger partial charge >= 0.3 is 0 Å². The van der Waals surface area contributed by atoms with Crippen LogP contribution in [0.3, 0.4) is 0 Å². The van der Waals surface area contributed by atoms with Crippen LogP contribution in [0.4, 0.5) is 5.82 Å². The molecule has 1 N–H and O–H groups in total. The smallest absolute Gasteiger partial charge is 0.266 e. The molecule has 4 aromatic rings. The van der Waals surface area contributed by atoms with Crippen LogP contribution in [-0.2, 0) is 13.2 Å². The summed E-state index contributed by atoms with van der Waals surface area (Å²) in [4.78, 5) is 13.3. The van der Waals surface area contributed by atoms with Gasteiger partial charge in [0.2, 0.25) is 0 Å². The first-order valence-corrected chi connectivity index (χ1v) is 12.0. The molecule has 0 bridgehead atoms. The molecule has 0 saturated carbocycles. The van der Waals surface area contributed by atoms with E-state index in [1.165, 1.54) is 11.3 Å². The number of ether oxygens (including phenoxy) is 1. The third-order valence-corrected chi connectivity index (χ3v) is 6.61. The number of hydrogen-bond acceptors (Lipinski definition) is 4. The minimum atomic E-state index is -0.247. The number of nitrogens with zero attached hydrogens (tertiary/aromatic N) is 2. The second kappa shape index (κ2) is 9.90. The molecule has 8 heteroatoms. The number of nitrogens with one attached hydrogen (secondary N) is 1. The quantitative estimate of drug-likeness (QED) is 0.284. The summed E-state index contributed by atoms with van der Waals surface area (Å²) >= 11 is 11.1. The molecule has 2 heterocycles. The van der Waals surface area contributed by atoms with Crippen molar-refractivity contribution in [1.82, 2.24) is 9.78 Å². The third-order valence-electron chi connectivity index (χ3n) is 4.82. The molecule has 0 atom stereocenters. The Morgan fingerprint density at radius 1 is 1.16 bits per heavy atom. The molecule has 1 amide bonds. The predicted molar refractivity (Wildman–Crippen MR) is 133 cm³/mol. The first-order chi connectivity index (χ1) is 15.4. The maximum Gasteiger partial charge on any atom is 0.266 e. The van der Waals surface area contributed by atoms with Gasteiger partial charge in [-0.05, 0) is 60.2 Å². The molecule has 2 aromatic carbocycles. The molecule has 0 aliphatic rings. The fourth-order valence-electron chi connectivity index (χ4n) is 3.10. The van der Waals surface area contributed by atoms with Crippen molar-refractivity contribution in [1.29, 1.82) is 0 Å². The number of halogens is 2. The third kappa shape index (κ3) is 5.59. The van der Waals surface area contributed by atoms with Gasteiger partial charge in [0.25, 0.3) is 5.91 Å². The van der Waals surface area contributed by atoms with Gasteiger partial charge in [-0.25, -0.2) is 0 Å². The van der Waals surface area contributed by atoms with Crippen LogP contribution in [0.25, 0.3) is 0 Å². The normalized spacial score (nSPS) is 10.9. The summed E-state index contributed by atoms with van der Waals surface area (Å²) in [5, 5.41) is 9.54. The van der Waals surface area contributed by atoms with Gasteiger partial charge in [0.15, 0.2) is 5.82 Å². The van der Waals surface area contributed by atoms with E-state index in [2.05, 4.69) is 32.4 Å². The average molecular weight is 531 g/mol. The van der Waals surface area contributed by atoms with Crippen LogP contribution in [-0.4, -0.2) is 15.7 Å². The first kappa shape index (κ1) is 22.6. The minimum absolute atomic E-state index is 0.247. The number of anilines is 1. The lowest BCUT2D eigenvalue weighted by atomic mass is 10.1. The highest BCUT2D eigenvalue weighted by Gasteiger charge is 2.15. The van der Waals surface area contributed by atoms with Crippen LogP contribution in [0.15, 0.2) is 64.6 Å². The monoisotopic (exact) mass is 529 g/mol. The summed E-state index contributed by atoms with van der Waals surface area (Å²) in [5.74, 6) is 0.949. The standard InChI is InChI=1S/C24H21BrClN3O2S/c1-15-3-4-16(2)21(9-15)31-13-18-10-22(32-14-18)24(30)27-23-20(26)12-29(28-23)11-17-5-7-19(25)8-6-17/h3-10,12,14H,11,13H2,1-2H3,(H,27,28,30). The predicted octanol–water partition coefficient (Wildman–Crippen LogP) is 6.86. The van der Waals surface area contributed by atoms with Crippen molar-refractivity contribution in [3.8, 4) is 5.75 Å². The molecule has 2 aromatic heterocycles. The van der Waals surface area contributed by atoms with Crippen molar-refractivity contribution in [3.63, 3.8) is 0 Å². The highest BCUT2D eigenvalue weighted by Crippen LogP contribution is 2.24. The molecular formula is C24H21BrClN3O2S. The molecule has 0 aliphatic carbocycles. The second-order valence-corrected chi connectivity index (χ2v) is 9.71. The first-order valence-electron chi connectivity index (χ1n) is 9.93. The zero-order valence-corrected chi connectivity index (χ0v) is 20.7. The van der Waals surface area contributed by atoms with E-state index in [4.69, 9.17) is 16.3 Å². The number of aryl methyl sites for hydroxylation is 2. The van der Waals surface area contributed by atoms with Gasteiger partial charge in [-0.15, -0.1) is 11.3 Å². The Balaban J connectivity index is 1.38. The molecule has 164 valence electrons. The Kier molecular flexibility index (Phi) is 6.98. The fourth-order valence-corrected chi connectivity index (χ4v) is 4.36. The fraction of sp³-hybridized carbons (Fsp3) is 0.167. The van der Waals surface area contributed by atoms with Gasteiger partial charge in [-0.2, -0.15) is 5.10 Å². The van der Waals surface area contributed by atoms with E-state index >= 15 is 0 Å². The number of aromatic nitrogens is 2. The molecule has 4 rings (SSSR count). The largest absolute Gasteiger partial charge is 0.489 e. The number of hydrogen-bond donors (Lipinski definition) is 1. The van der Waals surface area contributed by atoms with E-state index in [0.29, 0.717) is 28.9 Å². The van der Waals surface area contributed by atoms with Gasteiger partial charge in [0, 0.05) is 16.2 Å². The Hall–Kier alpha value is -2.61. The van der Waals surface area contributed by atoms with Gasteiger partial charge in [-0.1, -0.05) is 51.8 Å². The summed E-state index contributed by atoms with van der Waals surface area (Å²) in [7, 11) is 0.